The topological polar surface area (TPSA) is 73.2 Å². The van der Waals surface area contributed by atoms with Crippen LogP contribution in [0, 0.1) is 6.92 Å². The molecule has 0 saturated carbocycles. The zero-order valence-corrected chi connectivity index (χ0v) is 16.8. The Labute approximate surface area is 173 Å². The molecule has 0 atom stereocenters. The first-order valence-corrected chi connectivity index (χ1v) is 9.31. The summed E-state index contributed by atoms with van der Waals surface area (Å²) in [6.45, 7) is 1.40. The van der Waals surface area contributed by atoms with Crippen molar-refractivity contribution in [2.45, 2.75) is 6.92 Å². The fourth-order valence-corrected chi connectivity index (χ4v) is 2.98. The minimum Gasteiger partial charge on any atom is -0.452 e. The van der Waals surface area contributed by atoms with Gasteiger partial charge in [-0.05, 0) is 36.3 Å². The Bertz CT molecular complexity index is 1040. The van der Waals surface area contributed by atoms with Gasteiger partial charge in [0.25, 0.3) is 5.91 Å². The van der Waals surface area contributed by atoms with Crippen molar-refractivity contribution in [2.24, 2.45) is 7.05 Å². The number of carbonyl (C=O) groups is 2. The molecule has 0 radical (unpaired) electrons. The molecule has 1 heterocycles. The molecule has 0 bridgehead atoms. The Morgan fingerprint density at radius 3 is 2.38 bits per heavy atom. The summed E-state index contributed by atoms with van der Waals surface area (Å²) >= 11 is 6.10. The molecule has 0 aliphatic rings. The summed E-state index contributed by atoms with van der Waals surface area (Å²) in [6.07, 6.45) is 2.74. The van der Waals surface area contributed by atoms with Gasteiger partial charge in [-0.25, -0.2) is 4.79 Å². The molecular formula is C22H20ClN3O3. The lowest BCUT2D eigenvalue weighted by atomic mass is 10.1. The minimum absolute atomic E-state index is 0.386. The summed E-state index contributed by atoms with van der Waals surface area (Å²) in [5, 5.41) is 7.27. The van der Waals surface area contributed by atoms with Crippen molar-refractivity contribution in [1.29, 1.82) is 0 Å². The van der Waals surface area contributed by atoms with Crippen LogP contribution in [0.3, 0.4) is 0 Å². The van der Waals surface area contributed by atoms with Crippen LogP contribution in [0.5, 0.6) is 0 Å². The third-order valence-electron chi connectivity index (χ3n) is 4.20. The molecule has 1 N–H and O–H groups in total. The van der Waals surface area contributed by atoms with Crippen molar-refractivity contribution in [2.75, 3.05) is 11.9 Å². The maximum Gasteiger partial charge on any atom is 0.331 e. The highest BCUT2D eigenvalue weighted by molar-refractivity contribution is 6.31. The van der Waals surface area contributed by atoms with Gasteiger partial charge in [-0.2, -0.15) is 5.10 Å². The van der Waals surface area contributed by atoms with E-state index < -0.39 is 11.9 Å². The van der Waals surface area contributed by atoms with E-state index in [0.29, 0.717) is 22.1 Å². The standard InChI is InChI=1S/C22H20ClN3O3/c1-15-19(22(23)26(2)25-15)12-13-21(28)29-14-20(27)24-18-10-8-17(9-11-18)16-6-4-3-5-7-16/h3-13H,14H2,1-2H3,(H,24,27)/b13-12+. The number of benzene rings is 2. The molecular weight excluding hydrogens is 390 g/mol. The van der Waals surface area contributed by atoms with E-state index in [1.54, 1.807) is 26.1 Å². The van der Waals surface area contributed by atoms with Crippen LogP contribution < -0.4 is 5.32 Å². The fraction of sp³-hybridized carbons (Fsp3) is 0.136. The summed E-state index contributed by atoms with van der Waals surface area (Å²) < 4.78 is 6.48. The quantitative estimate of drug-likeness (QED) is 0.488. The van der Waals surface area contributed by atoms with Crippen molar-refractivity contribution in [3.8, 4) is 11.1 Å². The van der Waals surface area contributed by atoms with Crippen molar-refractivity contribution in [3.63, 3.8) is 0 Å². The summed E-state index contributed by atoms with van der Waals surface area (Å²) in [6, 6.07) is 17.4. The molecule has 6 nitrogen and oxygen atoms in total. The number of nitrogens with one attached hydrogen (secondary N) is 1. The summed E-state index contributed by atoms with van der Waals surface area (Å²) in [5.74, 6) is -1.06. The first-order valence-electron chi connectivity index (χ1n) is 8.93. The molecule has 0 fully saturated rings. The number of rotatable bonds is 6. The molecule has 0 aliphatic heterocycles. The highest BCUT2D eigenvalue weighted by Crippen LogP contribution is 2.21. The van der Waals surface area contributed by atoms with E-state index in [-0.39, 0.29) is 6.61 Å². The summed E-state index contributed by atoms with van der Waals surface area (Å²) in [4.78, 5) is 23.9. The normalized spacial score (nSPS) is 10.9. The van der Waals surface area contributed by atoms with Gasteiger partial charge in [-0.1, -0.05) is 54.1 Å². The van der Waals surface area contributed by atoms with E-state index in [2.05, 4.69) is 10.4 Å². The molecule has 0 saturated heterocycles. The number of aryl methyl sites for hydroxylation is 2. The zero-order chi connectivity index (χ0) is 20.8. The van der Waals surface area contributed by atoms with E-state index in [0.717, 1.165) is 11.1 Å². The largest absolute Gasteiger partial charge is 0.452 e. The predicted octanol–water partition coefficient (Wildman–Crippen LogP) is 4.24. The second-order valence-electron chi connectivity index (χ2n) is 6.35. The maximum absolute atomic E-state index is 12.0. The molecule has 0 spiro atoms. The fourth-order valence-electron chi connectivity index (χ4n) is 2.75. The average molecular weight is 410 g/mol. The number of carbonyl (C=O) groups excluding carboxylic acids is 2. The lowest BCUT2D eigenvalue weighted by molar-refractivity contribution is -0.142. The highest BCUT2D eigenvalue weighted by atomic mass is 35.5. The summed E-state index contributed by atoms with van der Waals surface area (Å²) in [5.41, 5.74) is 4.09. The van der Waals surface area contributed by atoms with E-state index in [9.17, 15) is 9.59 Å². The van der Waals surface area contributed by atoms with Gasteiger partial charge in [0.15, 0.2) is 6.61 Å². The minimum atomic E-state index is -0.640. The smallest absolute Gasteiger partial charge is 0.331 e. The zero-order valence-electron chi connectivity index (χ0n) is 16.1. The molecule has 1 aromatic heterocycles. The monoisotopic (exact) mass is 409 g/mol. The summed E-state index contributed by atoms with van der Waals surface area (Å²) in [7, 11) is 1.71. The molecule has 2 aromatic carbocycles. The third kappa shape index (κ3) is 5.33. The molecule has 0 aliphatic carbocycles. The molecule has 3 aromatic rings. The Morgan fingerprint density at radius 1 is 1.10 bits per heavy atom. The second-order valence-corrected chi connectivity index (χ2v) is 6.70. The van der Waals surface area contributed by atoms with Crippen LogP contribution in [-0.2, 0) is 21.4 Å². The van der Waals surface area contributed by atoms with E-state index in [4.69, 9.17) is 16.3 Å². The second kappa shape index (κ2) is 9.21. The number of hydrogen-bond donors (Lipinski definition) is 1. The predicted molar refractivity (Wildman–Crippen MR) is 113 cm³/mol. The number of amides is 1. The van der Waals surface area contributed by atoms with Gasteiger partial charge in [0.05, 0.1) is 5.69 Å². The number of nitrogens with zero attached hydrogens (tertiary/aromatic N) is 2. The van der Waals surface area contributed by atoms with Crippen LogP contribution in [0.1, 0.15) is 11.3 Å². The Kier molecular flexibility index (Phi) is 6.46. The lowest BCUT2D eigenvalue weighted by Gasteiger charge is -2.07. The van der Waals surface area contributed by atoms with Gasteiger partial charge in [-0.3, -0.25) is 9.48 Å². The lowest BCUT2D eigenvalue weighted by Crippen LogP contribution is -2.20. The van der Waals surface area contributed by atoms with Gasteiger partial charge in [0, 0.05) is 24.4 Å². The van der Waals surface area contributed by atoms with Crippen molar-refractivity contribution < 1.29 is 14.3 Å². The van der Waals surface area contributed by atoms with Crippen LogP contribution in [0.15, 0.2) is 60.7 Å². The molecule has 3 rings (SSSR count). The number of halogens is 1. The van der Waals surface area contributed by atoms with Crippen LogP contribution in [0.25, 0.3) is 17.2 Å². The van der Waals surface area contributed by atoms with Crippen LogP contribution >= 0.6 is 11.6 Å². The van der Waals surface area contributed by atoms with E-state index in [1.165, 1.54) is 16.8 Å². The number of ether oxygens (including phenoxy) is 1. The van der Waals surface area contributed by atoms with Gasteiger partial charge in [0.2, 0.25) is 0 Å². The SMILES string of the molecule is Cc1nn(C)c(Cl)c1/C=C/C(=O)OCC(=O)Nc1ccc(-c2ccccc2)cc1. The first kappa shape index (κ1) is 20.4. The Morgan fingerprint density at radius 2 is 1.76 bits per heavy atom. The van der Waals surface area contributed by atoms with Crippen molar-refractivity contribution >= 4 is 35.2 Å². The third-order valence-corrected chi connectivity index (χ3v) is 4.65. The van der Waals surface area contributed by atoms with Crippen molar-refractivity contribution in [1.82, 2.24) is 9.78 Å². The van der Waals surface area contributed by atoms with Crippen LogP contribution in [0.2, 0.25) is 5.15 Å². The van der Waals surface area contributed by atoms with E-state index >= 15 is 0 Å². The Hall–Kier alpha value is -3.38. The number of anilines is 1. The van der Waals surface area contributed by atoms with Gasteiger partial charge in [0.1, 0.15) is 5.15 Å². The van der Waals surface area contributed by atoms with Crippen molar-refractivity contribution in [3.05, 3.63) is 77.1 Å². The number of hydrogen-bond acceptors (Lipinski definition) is 4. The average Bonchev–Trinajstić information content (AvgIpc) is 2.97. The molecule has 0 unspecified atom stereocenters. The molecule has 1 amide bonds. The van der Waals surface area contributed by atoms with Gasteiger partial charge < -0.3 is 10.1 Å². The highest BCUT2D eigenvalue weighted by Gasteiger charge is 2.10. The van der Waals surface area contributed by atoms with Crippen LogP contribution in [0.4, 0.5) is 5.69 Å². The number of aromatic nitrogens is 2. The maximum atomic E-state index is 12.0. The molecule has 148 valence electrons. The van der Waals surface area contributed by atoms with Crippen LogP contribution in [-0.4, -0.2) is 28.3 Å². The molecule has 7 heteroatoms. The number of esters is 1. The first-order chi connectivity index (χ1) is 13.9. The van der Waals surface area contributed by atoms with Gasteiger partial charge in [-0.15, -0.1) is 0 Å². The van der Waals surface area contributed by atoms with Gasteiger partial charge >= 0.3 is 5.97 Å². The van der Waals surface area contributed by atoms with E-state index in [1.807, 2.05) is 42.5 Å². The molecule has 29 heavy (non-hydrogen) atoms. The Balaban J connectivity index is 1.50.